The molecule has 22 heavy (non-hydrogen) atoms. The molecule has 0 amide bonds. The molecule has 0 bridgehead atoms. The third-order valence-corrected chi connectivity index (χ3v) is 3.62. The van der Waals surface area contributed by atoms with Crippen LogP contribution in [0.3, 0.4) is 0 Å². The van der Waals surface area contributed by atoms with E-state index in [-0.39, 0.29) is 11.6 Å². The number of ether oxygens (including phenoxy) is 1. The lowest BCUT2D eigenvalue weighted by Gasteiger charge is -2.18. The predicted octanol–water partition coefficient (Wildman–Crippen LogP) is 3.60. The summed E-state index contributed by atoms with van der Waals surface area (Å²) in [5, 5.41) is 12.0. The number of nitrogens with zero attached hydrogens (tertiary/aromatic N) is 1. The Morgan fingerprint density at radius 3 is 1.95 bits per heavy atom. The monoisotopic (exact) mass is 297 g/mol. The summed E-state index contributed by atoms with van der Waals surface area (Å²) in [5.74, 6) is -0.467. The van der Waals surface area contributed by atoms with Crippen LogP contribution in [0.4, 0.5) is 0 Å². The van der Waals surface area contributed by atoms with Crippen molar-refractivity contribution in [3.8, 4) is 0 Å². The quantitative estimate of drug-likeness (QED) is 0.383. The molecule has 2 aromatic rings. The van der Waals surface area contributed by atoms with Crippen LogP contribution >= 0.6 is 0 Å². The SMILES string of the molecule is COC(=O)/C(CCC(c1ccccc1)c1ccccc1)=N\O. The summed E-state index contributed by atoms with van der Waals surface area (Å²) in [6, 6.07) is 20.2. The smallest absolute Gasteiger partial charge is 0.355 e. The van der Waals surface area contributed by atoms with Gasteiger partial charge in [-0.05, 0) is 17.5 Å². The summed E-state index contributed by atoms with van der Waals surface area (Å²) in [5.41, 5.74) is 2.37. The highest BCUT2D eigenvalue weighted by atomic mass is 16.5. The highest BCUT2D eigenvalue weighted by Crippen LogP contribution is 2.29. The van der Waals surface area contributed by atoms with Gasteiger partial charge < -0.3 is 9.94 Å². The second-order valence-electron chi connectivity index (χ2n) is 4.95. The van der Waals surface area contributed by atoms with Crippen molar-refractivity contribution in [1.29, 1.82) is 0 Å². The zero-order valence-electron chi connectivity index (χ0n) is 12.5. The van der Waals surface area contributed by atoms with Crippen molar-refractivity contribution in [3.63, 3.8) is 0 Å². The lowest BCUT2D eigenvalue weighted by molar-refractivity contribution is -0.133. The number of methoxy groups -OCH3 is 1. The first kappa shape index (κ1) is 15.8. The van der Waals surface area contributed by atoms with Crippen molar-refractivity contribution in [2.75, 3.05) is 7.11 Å². The minimum Gasteiger partial charge on any atom is -0.464 e. The summed E-state index contributed by atoms with van der Waals surface area (Å²) < 4.78 is 4.62. The number of carbonyl (C=O) groups is 1. The normalized spacial score (nSPS) is 11.5. The van der Waals surface area contributed by atoms with Gasteiger partial charge in [0.25, 0.3) is 0 Å². The van der Waals surface area contributed by atoms with E-state index in [1.165, 1.54) is 7.11 Å². The standard InChI is InChI=1S/C18H19NO3/c1-22-18(20)17(19-21)13-12-16(14-8-4-2-5-9-14)15-10-6-3-7-11-15/h2-11,16,21H,12-13H2,1H3/b19-17-. The minimum atomic E-state index is -0.595. The number of oxime groups is 1. The van der Waals surface area contributed by atoms with Gasteiger partial charge in [0.05, 0.1) is 7.11 Å². The van der Waals surface area contributed by atoms with E-state index < -0.39 is 5.97 Å². The number of rotatable bonds is 6. The van der Waals surface area contributed by atoms with E-state index in [1.54, 1.807) is 0 Å². The Morgan fingerprint density at radius 1 is 1.05 bits per heavy atom. The Morgan fingerprint density at radius 2 is 1.55 bits per heavy atom. The van der Waals surface area contributed by atoms with Gasteiger partial charge in [-0.3, -0.25) is 0 Å². The Bertz CT molecular complexity index is 584. The molecule has 2 aromatic carbocycles. The van der Waals surface area contributed by atoms with Crippen molar-refractivity contribution in [1.82, 2.24) is 0 Å². The molecule has 0 aliphatic rings. The second kappa shape index (κ2) is 7.98. The molecular weight excluding hydrogens is 278 g/mol. The molecular formula is C18H19NO3. The Balaban J connectivity index is 2.21. The summed E-state index contributed by atoms with van der Waals surface area (Å²) in [4.78, 5) is 11.5. The van der Waals surface area contributed by atoms with E-state index in [1.807, 2.05) is 36.4 Å². The summed E-state index contributed by atoms with van der Waals surface area (Å²) in [7, 11) is 1.28. The molecule has 0 aliphatic heterocycles. The second-order valence-corrected chi connectivity index (χ2v) is 4.95. The number of esters is 1. The van der Waals surface area contributed by atoms with Crippen LogP contribution in [0.5, 0.6) is 0 Å². The van der Waals surface area contributed by atoms with Gasteiger partial charge in [-0.2, -0.15) is 0 Å². The topological polar surface area (TPSA) is 58.9 Å². The first-order chi connectivity index (χ1) is 10.8. The molecule has 0 saturated carbocycles. The average molecular weight is 297 g/mol. The van der Waals surface area contributed by atoms with Gasteiger partial charge in [-0.25, -0.2) is 4.79 Å². The first-order valence-electron chi connectivity index (χ1n) is 7.15. The molecule has 0 spiro atoms. The summed E-state index contributed by atoms with van der Waals surface area (Å²) in [6.07, 6.45) is 1.00. The number of hydrogen-bond donors (Lipinski definition) is 1. The molecule has 1 N–H and O–H groups in total. The van der Waals surface area contributed by atoms with Gasteiger partial charge in [0.15, 0.2) is 5.71 Å². The fourth-order valence-corrected chi connectivity index (χ4v) is 2.49. The van der Waals surface area contributed by atoms with Gasteiger partial charge in [0.2, 0.25) is 0 Å². The molecule has 0 saturated heterocycles. The predicted molar refractivity (Wildman–Crippen MR) is 85.2 cm³/mol. The number of benzene rings is 2. The van der Waals surface area contributed by atoms with Crippen LogP contribution in [-0.4, -0.2) is 24.0 Å². The molecule has 0 heterocycles. The van der Waals surface area contributed by atoms with Gasteiger partial charge in [-0.15, -0.1) is 0 Å². The molecule has 0 atom stereocenters. The van der Waals surface area contributed by atoms with Crippen LogP contribution in [0.1, 0.15) is 29.9 Å². The maximum atomic E-state index is 11.5. The molecule has 0 aliphatic carbocycles. The van der Waals surface area contributed by atoms with Gasteiger partial charge in [-0.1, -0.05) is 65.8 Å². The van der Waals surface area contributed by atoms with Crippen LogP contribution < -0.4 is 0 Å². The van der Waals surface area contributed by atoms with Crippen LogP contribution in [0.2, 0.25) is 0 Å². The van der Waals surface area contributed by atoms with Gasteiger partial charge >= 0.3 is 5.97 Å². The summed E-state index contributed by atoms with van der Waals surface area (Å²) in [6.45, 7) is 0. The zero-order chi connectivity index (χ0) is 15.8. The van der Waals surface area contributed by atoms with E-state index in [9.17, 15) is 4.79 Å². The van der Waals surface area contributed by atoms with Crippen molar-refractivity contribution in [2.24, 2.45) is 5.16 Å². The highest BCUT2D eigenvalue weighted by molar-refractivity contribution is 6.36. The molecule has 4 nitrogen and oxygen atoms in total. The lowest BCUT2D eigenvalue weighted by Crippen LogP contribution is -2.17. The number of hydrogen-bond acceptors (Lipinski definition) is 4. The average Bonchev–Trinajstić information content (AvgIpc) is 2.60. The maximum absolute atomic E-state index is 11.5. The van der Waals surface area contributed by atoms with Crippen molar-refractivity contribution in [2.45, 2.75) is 18.8 Å². The molecule has 0 fully saturated rings. The Kier molecular flexibility index (Phi) is 5.72. The zero-order valence-corrected chi connectivity index (χ0v) is 12.5. The molecule has 0 radical (unpaired) electrons. The van der Waals surface area contributed by atoms with Crippen LogP contribution in [-0.2, 0) is 9.53 Å². The van der Waals surface area contributed by atoms with Gasteiger partial charge in [0, 0.05) is 12.3 Å². The molecule has 114 valence electrons. The highest BCUT2D eigenvalue weighted by Gasteiger charge is 2.18. The lowest BCUT2D eigenvalue weighted by atomic mass is 9.87. The largest absolute Gasteiger partial charge is 0.464 e. The van der Waals surface area contributed by atoms with E-state index in [0.717, 1.165) is 11.1 Å². The van der Waals surface area contributed by atoms with E-state index >= 15 is 0 Å². The van der Waals surface area contributed by atoms with Crippen LogP contribution in [0, 0.1) is 0 Å². The van der Waals surface area contributed by atoms with E-state index in [4.69, 9.17) is 5.21 Å². The fraction of sp³-hybridized carbons (Fsp3) is 0.222. The van der Waals surface area contributed by atoms with E-state index in [2.05, 4.69) is 34.2 Å². The maximum Gasteiger partial charge on any atom is 0.355 e. The Hall–Kier alpha value is -2.62. The van der Waals surface area contributed by atoms with Crippen molar-refractivity contribution in [3.05, 3.63) is 71.8 Å². The molecule has 4 heteroatoms. The van der Waals surface area contributed by atoms with Crippen molar-refractivity contribution >= 4 is 11.7 Å². The fourth-order valence-electron chi connectivity index (χ4n) is 2.49. The van der Waals surface area contributed by atoms with Crippen LogP contribution in [0.15, 0.2) is 65.8 Å². The van der Waals surface area contributed by atoms with Crippen molar-refractivity contribution < 1.29 is 14.7 Å². The van der Waals surface area contributed by atoms with Gasteiger partial charge in [0.1, 0.15) is 0 Å². The van der Waals surface area contributed by atoms with Crippen LogP contribution in [0.25, 0.3) is 0 Å². The minimum absolute atomic E-state index is 0.0411. The summed E-state index contributed by atoms with van der Waals surface area (Å²) >= 11 is 0. The third kappa shape index (κ3) is 3.95. The Labute approximate surface area is 130 Å². The number of carbonyl (C=O) groups excluding carboxylic acids is 1. The molecule has 2 rings (SSSR count). The molecule has 0 aromatic heterocycles. The molecule has 0 unspecified atom stereocenters. The van der Waals surface area contributed by atoms with E-state index in [0.29, 0.717) is 12.8 Å². The first-order valence-corrected chi connectivity index (χ1v) is 7.15. The third-order valence-electron chi connectivity index (χ3n) is 3.62.